The highest BCUT2D eigenvalue weighted by atomic mass is 16.5. The summed E-state index contributed by atoms with van der Waals surface area (Å²) in [5.41, 5.74) is 1.87. The fraction of sp³-hybridized carbons (Fsp3) is 0.444. The molecule has 134 valence electrons. The molecule has 0 aliphatic carbocycles. The molecular weight excluding hydrogens is 330 g/mol. The van der Waals surface area contributed by atoms with Crippen LogP contribution in [0.25, 0.3) is 11.0 Å². The minimum absolute atomic E-state index is 0.323. The number of rotatable bonds is 3. The molecule has 1 aromatic carbocycles. The zero-order valence-electron chi connectivity index (χ0n) is 14.5. The lowest BCUT2D eigenvalue weighted by atomic mass is 10.3. The number of nitrogens with zero attached hydrogens (tertiary/aromatic N) is 7. The number of morpholine rings is 1. The van der Waals surface area contributed by atoms with Gasteiger partial charge in [-0.1, -0.05) is 12.1 Å². The Morgan fingerprint density at radius 3 is 2.35 bits per heavy atom. The maximum atomic E-state index is 5.52. The van der Waals surface area contributed by atoms with Gasteiger partial charge in [-0.3, -0.25) is 0 Å². The first-order valence-corrected chi connectivity index (χ1v) is 9.07. The van der Waals surface area contributed by atoms with Gasteiger partial charge in [-0.05, 0) is 18.6 Å². The maximum absolute atomic E-state index is 5.52. The minimum Gasteiger partial charge on any atom is -0.378 e. The van der Waals surface area contributed by atoms with Crippen molar-refractivity contribution in [3.63, 3.8) is 0 Å². The van der Waals surface area contributed by atoms with Crippen LogP contribution in [0.5, 0.6) is 0 Å². The average molecular weight is 351 g/mol. The molecule has 3 aromatic rings. The lowest BCUT2D eigenvalue weighted by molar-refractivity contribution is 0.122. The zero-order chi connectivity index (χ0) is 17.3. The topological polar surface area (TPSA) is 72.2 Å². The average Bonchev–Trinajstić information content (AvgIpc) is 3.39. The highest BCUT2D eigenvalue weighted by Crippen LogP contribution is 2.33. The number of hydrogen-bond donors (Lipinski definition) is 0. The Balaban J connectivity index is 1.52. The van der Waals surface area contributed by atoms with E-state index < -0.39 is 0 Å². The first-order chi connectivity index (χ1) is 12.9. The predicted molar refractivity (Wildman–Crippen MR) is 98.5 cm³/mol. The molecule has 2 aliphatic rings. The van der Waals surface area contributed by atoms with Gasteiger partial charge < -0.3 is 14.5 Å². The zero-order valence-corrected chi connectivity index (χ0v) is 14.5. The van der Waals surface area contributed by atoms with Crippen LogP contribution in [0.15, 0.2) is 36.9 Å². The summed E-state index contributed by atoms with van der Waals surface area (Å²) in [5, 5.41) is 4.30. The van der Waals surface area contributed by atoms with Crippen molar-refractivity contribution in [2.75, 3.05) is 49.2 Å². The van der Waals surface area contributed by atoms with Crippen LogP contribution in [-0.2, 0) is 4.74 Å². The Kier molecular flexibility index (Phi) is 3.89. The van der Waals surface area contributed by atoms with E-state index >= 15 is 0 Å². The molecule has 0 bridgehead atoms. The Labute approximate surface area is 151 Å². The van der Waals surface area contributed by atoms with Crippen molar-refractivity contribution in [2.45, 2.75) is 12.5 Å². The molecule has 2 saturated heterocycles. The van der Waals surface area contributed by atoms with E-state index in [-0.39, 0.29) is 0 Å². The van der Waals surface area contributed by atoms with Crippen molar-refractivity contribution >= 4 is 22.7 Å². The number of benzene rings is 1. The van der Waals surface area contributed by atoms with E-state index in [0.717, 1.165) is 68.5 Å². The second-order valence-corrected chi connectivity index (χ2v) is 6.72. The van der Waals surface area contributed by atoms with Gasteiger partial charge in [0.05, 0.1) is 30.3 Å². The van der Waals surface area contributed by atoms with Gasteiger partial charge in [0.25, 0.3) is 0 Å². The van der Waals surface area contributed by atoms with Crippen LogP contribution in [0.3, 0.4) is 0 Å². The monoisotopic (exact) mass is 351 g/mol. The van der Waals surface area contributed by atoms with Gasteiger partial charge in [0.2, 0.25) is 0 Å². The maximum Gasteiger partial charge on any atom is 0.172 e. The summed E-state index contributed by atoms with van der Waals surface area (Å²) in [4.78, 5) is 18.6. The van der Waals surface area contributed by atoms with Crippen LogP contribution >= 0.6 is 0 Å². The first kappa shape index (κ1) is 15.5. The van der Waals surface area contributed by atoms with Crippen molar-refractivity contribution < 1.29 is 4.74 Å². The van der Waals surface area contributed by atoms with Gasteiger partial charge in [0.15, 0.2) is 11.6 Å². The molecule has 8 nitrogen and oxygen atoms in total. The molecular formula is C18H21N7O. The van der Waals surface area contributed by atoms with Gasteiger partial charge in [-0.2, -0.15) is 5.10 Å². The molecule has 4 heterocycles. The molecule has 1 unspecified atom stereocenters. The second kappa shape index (κ2) is 6.53. The summed E-state index contributed by atoms with van der Waals surface area (Å²) in [5.74, 6) is 1.93. The molecule has 26 heavy (non-hydrogen) atoms. The molecule has 0 amide bonds. The number of fused-ring (bicyclic) bond motifs is 1. The molecule has 0 spiro atoms. The summed E-state index contributed by atoms with van der Waals surface area (Å²) >= 11 is 0. The quantitative estimate of drug-likeness (QED) is 0.708. The van der Waals surface area contributed by atoms with E-state index in [1.54, 1.807) is 12.7 Å². The van der Waals surface area contributed by atoms with Crippen molar-refractivity contribution in [1.29, 1.82) is 0 Å². The van der Waals surface area contributed by atoms with Gasteiger partial charge in [-0.25, -0.2) is 19.6 Å². The van der Waals surface area contributed by atoms with Crippen molar-refractivity contribution in [2.24, 2.45) is 0 Å². The molecule has 8 heteroatoms. The molecule has 1 atom stereocenters. The highest BCUT2D eigenvalue weighted by molar-refractivity contribution is 5.81. The smallest absolute Gasteiger partial charge is 0.172 e. The number of aromatic nitrogens is 5. The van der Waals surface area contributed by atoms with Crippen LogP contribution in [-0.4, -0.2) is 64.1 Å². The van der Waals surface area contributed by atoms with E-state index in [4.69, 9.17) is 14.7 Å². The Hall–Kier alpha value is -2.74. The van der Waals surface area contributed by atoms with Crippen molar-refractivity contribution in [1.82, 2.24) is 24.7 Å². The Morgan fingerprint density at radius 1 is 0.923 bits per heavy atom. The van der Waals surface area contributed by atoms with E-state index in [2.05, 4.69) is 19.9 Å². The van der Waals surface area contributed by atoms with E-state index in [9.17, 15) is 0 Å². The second-order valence-electron chi connectivity index (χ2n) is 6.72. The van der Waals surface area contributed by atoms with Gasteiger partial charge >= 0.3 is 0 Å². The third-order valence-electron chi connectivity index (χ3n) is 5.12. The van der Waals surface area contributed by atoms with Gasteiger partial charge in [0.1, 0.15) is 12.7 Å². The summed E-state index contributed by atoms with van der Waals surface area (Å²) in [7, 11) is 0. The number of anilines is 2. The lowest BCUT2D eigenvalue weighted by Gasteiger charge is -2.31. The Morgan fingerprint density at radius 2 is 1.65 bits per heavy atom. The third-order valence-corrected chi connectivity index (χ3v) is 5.12. The molecule has 0 saturated carbocycles. The molecule has 5 rings (SSSR count). The van der Waals surface area contributed by atoms with Crippen LogP contribution < -0.4 is 9.80 Å². The standard InChI is InChI=1S/C18H21N7O/c1-2-4-16-15(3-1)21-17(23-7-9-26-10-8-23)18(22-16)24-6-5-14(11-24)25-13-19-12-20-25/h1-4,12-14H,5-11H2. The van der Waals surface area contributed by atoms with Crippen LogP contribution in [0.4, 0.5) is 11.6 Å². The first-order valence-electron chi connectivity index (χ1n) is 9.07. The van der Waals surface area contributed by atoms with Crippen molar-refractivity contribution in [3.05, 3.63) is 36.9 Å². The SMILES string of the molecule is c1ccc2nc(N3CCC(n4cncn4)C3)c(N3CCOCC3)nc2c1. The predicted octanol–water partition coefficient (Wildman–Crippen LogP) is 1.51. The fourth-order valence-corrected chi connectivity index (χ4v) is 3.74. The normalized spacial score (nSPS) is 20.8. The van der Waals surface area contributed by atoms with Crippen LogP contribution in [0.2, 0.25) is 0 Å². The van der Waals surface area contributed by atoms with Crippen LogP contribution in [0.1, 0.15) is 12.5 Å². The number of para-hydroxylation sites is 2. The molecule has 0 radical (unpaired) electrons. The van der Waals surface area contributed by atoms with Gasteiger partial charge in [-0.15, -0.1) is 0 Å². The fourth-order valence-electron chi connectivity index (χ4n) is 3.74. The summed E-state index contributed by atoms with van der Waals surface area (Å²) in [6.07, 6.45) is 4.42. The molecule has 2 fully saturated rings. The van der Waals surface area contributed by atoms with E-state index in [1.165, 1.54) is 0 Å². The number of hydrogen-bond acceptors (Lipinski definition) is 7. The highest BCUT2D eigenvalue weighted by Gasteiger charge is 2.29. The summed E-state index contributed by atoms with van der Waals surface area (Å²) < 4.78 is 7.47. The summed E-state index contributed by atoms with van der Waals surface area (Å²) in [6, 6.07) is 8.40. The summed E-state index contributed by atoms with van der Waals surface area (Å²) in [6.45, 7) is 4.97. The largest absolute Gasteiger partial charge is 0.378 e. The lowest BCUT2D eigenvalue weighted by Crippen LogP contribution is -2.38. The van der Waals surface area contributed by atoms with E-state index in [1.807, 2.05) is 28.9 Å². The molecule has 0 N–H and O–H groups in total. The molecule has 2 aliphatic heterocycles. The third kappa shape index (κ3) is 2.76. The minimum atomic E-state index is 0.323. The van der Waals surface area contributed by atoms with E-state index in [0.29, 0.717) is 6.04 Å². The Bertz CT molecular complexity index is 892. The molecule has 2 aromatic heterocycles. The van der Waals surface area contributed by atoms with Gasteiger partial charge in [0, 0.05) is 26.2 Å². The van der Waals surface area contributed by atoms with Crippen molar-refractivity contribution in [3.8, 4) is 0 Å². The number of ether oxygens (including phenoxy) is 1. The van der Waals surface area contributed by atoms with Crippen LogP contribution in [0, 0.1) is 0 Å².